The summed E-state index contributed by atoms with van der Waals surface area (Å²) in [5.74, 6) is 0. The molecule has 0 amide bonds. The molecule has 1 rings (SSSR count). The summed E-state index contributed by atoms with van der Waals surface area (Å²) < 4.78 is 0. The van der Waals surface area contributed by atoms with Crippen molar-refractivity contribution in [2.45, 2.75) is 20.8 Å². The maximum Gasteiger partial charge on any atom is 0.184 e. The number of hydrogen-bond acceptors (Lipinski definition) is 1. The molecule has 0 saturated carbocycles. The van der Waals surface area contributed by atoms with Gasteiger partial charge in [0.15, 0.2) is 5.43 Å². The van der Waals surface area contributed by atoms with E-state index in [1.54, 1.807) is 0 Å². The molecule has 0 radical (unpaired) electrons. The first-order chi connectivity index (χ1) is 5.11. The van der Waals surface area contributed by atoms with Crippen LogP contribution in [0.4, 0.5) is 0 Å². The molecular weight excluding hydrogens is 136 g/mol. The van der Waals surface area contributed by atoms with Gasteiger partial charge in [-0.1, -0.05) is 23.8 Å². The highest BCUT2D eigenvalue weighted by Crippen LogP contribution is 1.98. The number of aryl methyl sites for hydroxylation is 3. The van der Waals surface area contributed by atoms with E-state index < -0.39 is 0 Å². The van der Waals surface area contributed by atoms with Crippen molar-refractivity contribution < 1.29 is 0 Å². The lowest BCUT2D eigenvalue weighted by molar-refractivity contribution is 1.34. The summed E-state index contributed by atoms with van der Waals surface area (Å²) in [5, 5.41) is 0. The molecule has 1 heteroatoms. The monoisotopic (exact) mass is 148 g/mol. The molecule has 0 aliphatic rings. The minimum Gasteiger partial charge on any atom is -0.289 e. The Balaban J connectivity index is 3.57. The molecule has 1 aromatic carbocycles. The van der Waals surface area contributed by atoms with E-state index in [1.165, 1.54) is 0 Å². The second-order valence-corrected chi connectivity index (χ2v) is 2.92. The van der Waals surface area contributed by atoms with Crippen LogP contribution < -0.4 is 5.43 Å². The molecule has 0 aliphatic heterocycles. The van der Waals surface area contributed by atoms with Crippen LogP contribution in [0, 0.1) is 20.8 Å². The Bertz CT molecular complexity index is 326. The molecule has 0 fully saturated rings. The summed E-state index contributed by atoms with van der Waals surface area (Å²) >= 11 is 0. The summed E-state index contributed by atoms with van der Waals surface area (Å²) in [6, 6.07) is 5.74. The van der Waals surface area contributed by atoms with Gasteiger partial charge in [0.2, 0.25) is 0 Å². The topological polar surface area (TPSA) is 17.1 Å². The fourth-order valence-corrected chi connectivity index (χ4v) is 1.10. The van der Waals surface area contributed by atoms with Gasteiger partial charge in [0.25, 0.3) is 0 Å². The molecule has 0 spiro atoms. The van der Waals surface area contributed by atoms with Crippen molar-refractivity contribution in [2.24, 2.45) is 0 Å². The second-order valence-electron chi connectivity index (χ2n) is 2.92. The maximum absolute atomic E-state index is 11.3. The van der Waals surface area contributed by atoms with Crippen LogP contribution in [0.3, 0.4) is 0 Å². The predicted molar refractivity (Wildman–Crippen MR) is 46.9 cm³/mol. The van der Waals surface area contributed by atoms with Crippen LogP contribution in [-0.4, -0.2) is 0 Å². The Hall–Kier alpha value is -1.11. The zero-order valence-electron chi connectivity index (χ0n) is 7.14. The van der Waals surface area contributed by atoms with E-state index in [0.29, 0.717) is 0 Å². The minimum atomic E-state index is 0.151. The molecule has 0 atom stereocenters. The Labute approximate surface area is 66.7 Å². The smallest absolute Gasteiger partial charge is 0.184 e. The lowest BCUT2D eigenvalue weighted by Crippen LogP contribution is -2.03. The van der Waals surface area contributed by atoms with Crippen LogP contribution in [0.25, 0.3) is 0 Å². The molecule has 0 bridgehead atoms. The molecular formula is C10H12O. The maximum atomic E-state index is 11.3. The van der Waals surface area contributed by atoms with E-state index in [0.717, 1.165) is 16.7 Å². The number of hydrogen-bond donors (Lipinski definition) is 0. The normalized spacial score (nSPS) is 9.73. The van der Waals surface area contributed by atoms with Crippen molar-refractivity contribution in [2.75, 3.05) is 0 Å². The van der Waals surface area contributed by atoms with E-state index in [-0.39, 0.29) is 5.43 Å². The van der Waals surface area contributed by atoms with Crippen LogP contribution in [0.2, 0.25) is 0 Å². The van der Waals surface area contributed by atoms with Crippen molar-refractivity contribution in [3.63, 3.8) is 0 Å². The summed E-state index contributed by atoms with van der Waals surface area (Å²) in [5.41, 5.74) is 2.92. The standard InChI is InChI=1S/C10H12O/c1-7-4-5-8(2)10(11)9(3)6-7/h4-6H,1-3H3. The lowest BCUT2D eigenvalue weighted by Gasteiger charge is -1.83. The first-order valence-electron chi connectivity index (χ1n) is 3.69. The summed E-state index contributed by atoms with van der Waals surface area (Å²) in [6.45, 7) is 5.68. The molecule has 0 saturated heterocycles. The Morgan fingerprint density at radius 1 is 1.00 bits per heavy atom. The molecule has 0 unspecified atom stereocenters. The Kier molecular flexibility index (Phi) is 2.08. The fourth-order valence-electron chi connectivity index (χ4n) is 1.10. The van der Waals surface area contributed by atoms with Gasteiger partial charge in [-0.2, -0.15) is 0 Å². The van der Waals surface area contributed by atoms with Crippen molar-refractivity contribution in [1.82, 2.24) is 0 Å². The predicted octanol–water partition coefficient (Wildman–Crippen LogP) is 1.97. The van der Waals surface area contributed by atoms with Gasteiger partial charge >= 0.3 is 0 Å². The van der Waals surface area contributed by atoms with Gasteiger partial charge < -0.3 is 0 Å². The highest BCUT2D eigenvalue weighted by molar-refractivity contribution is 5.24. The van der Waals surface area contributed by atoms with Crippen molar-refractivity contribution >= 4 is 0 Å². The van der Waals surface area contributed by atoms with Crippen LogP contribution >= 0.6 is 0 Å². The Morgan fingerprint density at radius 2 is 1.64 bits per heavy atom. The number of rotatable bonds is 0. The summed E-state index contributed by atoms with van der Waals surface area (Å²) in [7, 11) is 0. The Morgan fingerprint density at radius 3 is 2.27 bits per heavy atom. The zero-order chi connectivity index (χ0) is 8.43. The van der Waals surface area contributed by atoms with Gasteiger partial charge in [-0.15, -0.1) is 0 Å². The second kappa shape index (κ2) is 2.87. The van der Waals surface area contributed by atoms with Gasteiger partial charge in [0, 0.05) is 0 Å². The third-order valence-corrected chi connectivity index (χ3v) is 1.76. The SMILES string of the molecule is Cc1ccc(C)c(=O)c(C)c1. The summed E-state index contributed by atoms with van der Waals surface area (Å²) in [6.07, 6.45) is 0. The molecule has 0 heterocycles. The van der Waals surface area contributed by atoms with Crippen LogP contribution in [0.1, 0.15) is 16.7 Å². The van der Waals surface area contributed by atoms with Crippen LogP contribution in [0.5, 0.6) is 0 Å². The third kappa shape index (κ3) is 1.67. The van der Waals surface area contributed by atoms with E-state index in [2.05, 4.69) is 0 Å². The third-order valence-electron chi connectivity index (χ3n) is 1.76. The van der Waals surface area contributed by atoms with Crippen molar-refractivity contribution in [3.8, 4) is 0 Å². The average Bonchev–Trinajstić information content (AvgIpc) is 2.05. The van der Waals surface area contributed by atoms with Gasteiger partial charge in [0.1, 0.15) is 0 Å². The average molecular weight is 148 g/mol. The molecule has 0 aromatic heterocycles. The summed E-state index contributed by atoms with van der Waals surface area (Å²) in [4.78, 5) is 11.3. The highest BCUT2D eigenvalue weighted by Gasteiger charge is 1.93. The van der Waals surface area contributed by atoms with Gasteiger partial charge in [-0.05, 0) is 31.9 Å². The van der Waals surface area contributed by atoms with Crippen LogP contribution in [0.15, 0.2) is 23.0 Å². The van der Waals surface area contributed by atoms with Gasteiger partial charge in [-0.3, -0.25) is 4.79 Å². The quantitative estimate of drug-likeness (QED) is 0.549. The fraction of sp³-hybridized carbons (Fsp3) is 0.300. The first-order valence-corrected chi connectivity index (χ1v) is 3.69. The molecule has 11 heavy (non-hydrogen) atoms. The van der Waals surface area contributed by atoms with Crippen molar-refractivity contribution in [3.05, 3.63) is 45.1 Å². The molecule has 0 aliphatic carbocycles. The van der Waals surface area contributed by atoms with Crippen LogP contribution in [-0.2, 0) is 0 Å². The van der Waals surface area contributed by atoms with E-state index in [1.807, 2.05) is 39.0 Å². The van der Waals surface area contributed by atoms with E-state index >= 15 is 0 Å². The van der Waals surface area contributed by atoms with E-state index in [4.69, 9.17) is 0 Å². The lowest BCUT2D eigenvalue weighted by atomic mass is 10.2. The molecule has 1 nitrogen and oxygen atoms in total. The largest absolute Gasteiger partial charge is 0.289 e. The molecule has 0 N–H and O–H groups in total. The minimum absolute atomic E-state index is 0.151. The molecule has 58 valence electrons. The first kappa shape index (κ1) is 7.99. The van der Waals surface area contributed by atoms with Gasteiger partial charge in [0.05, 0.1) is 0 Å². The van der Waals surface area contributed by atoms with E-state index in [9.17, 15) is 4.79 Å². The highest BCUT2D eigenvalue weighted by atomic mass is 16.1. The molecule has 1 aromatic rings. The van der Waals surface area contributed by atoms with Crippen molar-refractivity contribution in [1.29, 1.82) is 0 Å². The zero-order valence-corrected chi connectivity index (χ0v) is 7.14. The van der Waals surface area contributed by atoms with Gasteiger partial charge in [-0.25, -0.2) is 0 Å².